The van der Waals surface area contributed by atoms with Crippen molar-refractivity contribution in [2.45, 2.75) is 11.8 Å². The van der Waals surface area contributed by atoms with Gasteiger partial charge >= 0.3 is 0 Å². The molecule has 0 fully saturated rings. The van der Waals surface area contributed by atoms with E-state index in [2.05, 4.69) is 67.4 Å². The van der Waals surface area contributed by atoms with Crippen molar-refractivity contribution in [2.24, 2.45) is 0 Å². The van der Waals surface area contributed by atoms with Gasteiger partial charge in [-0.2, -0.15) is 0 Å². The van der Waals surface area contributed by atoms with Crippen LogP contribution in [0.5, 0.6) is 0 Å². The topological polar surface area (TPSA) is 0 Å². The maximum Gasteiger partial charge on any atom is 0.0704 e. The summed E-state index contributed by atoms with van der Waals surface area (Å²) in [6.45, 7) is 2.14. The Kier molecular flexibility index (Phi) is 4.97. The van der Waals surface area contributed by atoms with Gasteiger partial charge in [0.1, 0.15) is 0 Å². The van der Waals surface area contributed by atoms with E-state index < -0.39 is 0 Å². The zero-order valence-corrected chi connectivity index (χ0v) is 15.7. The van der Waals surface area contributed by atoms with E-state index in [1.165, 1.54) is 19.6 Å². The summed E-state index contributed by atoms with van der Waals surface area (Å²) in [5, 5.41) is 0.775. The molecule has 0 aliphatic heterocycles. The summed E-state index contributed by atoms with van der Waals surface area (Å²) in [6.07, 6.45) is 0. The molecule has 0 saturated carbocycles. The van der Waals surface area contributed by atoms with Crippen LogP contribution in [0.1, 0.15) is 20.8 Å². The molecule has 1 aromatic heterocycles. The average molecular weight is 506 g/mol. The van der Waals surface area contributed by atoms with Gasteiger partial charge in [0.15, 0.2) is 0 Å². The second-order valence-corrected chi connectivity index (χ2v) is 8.74. The van der Waals surface area contributed by atoms with Crippen LogP contribution in [-0.2, 0) is 0 Å². The lowest BCUT2D eigenvalue weighted by Gasteiger charge is -2.12. The molecular weight excluding hydrogens is 498 g/mol. The molecule has 0 saturated heterocycles. The molecule has 0 nitrogen and oxygen atoms in total. The third-order valence-electron chi connectivity index (χ3n) is 2.43. The van der Waals surface area contributed by atoms with Gasteiger partial charge in [0.05, 0.1) is 8.61 Å². The molecule has 1 aromatic carbocycles. The van der Waals surface area contributed by atoms with Crippen molar-refractivity contribution in [3.63, 3.8) is 0 Å². The monoisotopic (exact) mass is 504 g/mol. The minimum absolute atomic E-state index is 0.190. The van der Waals surface area contributed by atoms with Crippen LogP contribution in [-0.4, -0.2) is 0 Å². The highest BCUT2D eigenvalue weighted by Gasteiger charge is 2.18. The summed E-state index contributed by atoms with van der Waals surface area (Å²) in [5.74, 6) is 0. The lowest BCUT2D eigenvalue weighted by Crippen LogP contribution is -1.95. The van der Waals surface area contributed by atoms with Crippen LogP contribution in [0.15, 0.2) is 28.1 Å². The van der Waals surface area contributed by atoms with Gasteiger partial charge in [-0.25, -0.2) is 0 Å². The van der Waals surface area contributed by atoms with E-state index >= 15 is 0 Å². The van der Waals surface area contributed by atoms with Gasteiger partial charge in [0.25, 0.3) is 0 Å². The van der Waals surface area contributed by atoms with E-state index in [4.69, 9.17) is 11.6 Å². The summed E-state index contributed by atoms with van der Waals surface area (Å²) in [6, 6.07) is 8.15. The Balaban J connectivity index is 2.46. The highest BCUT2D eigenvalue weighted by molar-refractivity contribution is 14.1. The SMILES string of the molecule is Cc1sc(Br)cc1C(Br)c1cc(Cl)ccc1I. The summed E-state index contributed by atoms with van der Waals surface area (Å²) in [4.78, 5) is 1.50. The molecule has 0 bridgehead atoms. The fraction of sp³-hybridized carbons (Fsp3) is 0.167. The van der Waals surface area contributed by atoms with Gasteiger partial charge in [-0.15, -0.1) is 11.3 Å². The molecule has 17 heavy (non-hydrogen) atoms. The van der Waals surface area contributed by atoms with Gasteiger partial charge < -0.3 is 0 Å². The van der Waals surface area contributed by atoms with Crippen molar-refractivity contribution >= 4 is 77.4 Å². The number of rotatable bonds is 2. The normalized spacial score (nSPS) is 12.8. The van der Waals surface area contributed by atoms with Crippen LogP contribution in [0, 0.1) is 10.5 Å². The second kappa shape index (κ2) is 5.90. The molecule has 0 aliphatic rings. The predicted octanol–water partition coefficient (Wildman–Crippen LogP) is 6.56. The Morgan fingerprint density at radius 2 is 2.00 bits per heavy atom. The molecule has 90 valence electrons. The van der Waals surface area contributed by atoms with E-state index in [-0.39, 0.29) is 4.83 Å². The lowest BCUT2D eigenvalue weighted by atomic mass is 10.1. The van der Waals surface area contributed by atoms with Gasteiger partial charge in [0.2, 0.25) is 0 Å². The number of aryl methyl sites for hydroxylation is 1. The number of benzene rings is 1. The van der Waals surface area contributed by atoms with Gasteiger partial charge in [-0.3, -0.25) is 0 Å². The minimum atomic E-state index is 0.190. The van der Waals surface area contributed by atoms with Gasteiger partial charge in [-0.1, -0.05) is 27.5 Å². The molecule has 0 radical (unpaired) electrons. The Morgan fingerprint density at radius 3 is 2.59 bits per heavy atom. The molecule has 2 aromatic rings. The van der Waals surface area contributed by atoms with E-state index in [0.29, 0.717) is 0 Å². The van der Waals surface area contributed by atoms with Gasteiger partial charge in [0, 0.05) is 13.5 Å². The van der Waals surface area contributed by atoms with Crippen molar-refractivity contribution in [2.75, 3.05) is 0 Å². The fourth-order valence-electron chi connectivity index (χ4n) is 1.59. The van der Waals surface area contributed by atoms with E-state index in [0.717, 1.165) is 8.81 Å². The van der Waals surface area contributed by atoms with Crippen molar-refractivity contribution in [1.29, 1.82) is 0 Å². The molecule has 2 rings (SSSR count). The summed E-state index contributed by atoms with van der Waals surface area (Å²) < 4.78 is 2.38. The molecule has 0 amide bonds. The van der Waals surface area contributed by atoms with Crippen LogP contribution < -0.4 is 0 Å². The molecule has 1 unspecified atom stereocenters. The minimum Gasteiger partial charge on any atom is -0.133 e. The lowest BCUT2D eigenvalue weighted by molar-refractivity contribution is 1.16. The Morgan fingerprint density at radius 1 is 1.29 bits per heavy atom. The first-order valence-corrected chi connectivity index (χ1v) is 8.82. The zero-order valence-electron chi connectivity index (χ0n) is 8.81. The zero-order chi connectivity index (χ0) is 12.6. The fourth-order valence-corrected chi connectivity index (χ4v) is 5.60. The number of alkyl halides is 1. The Hall–Kier alpha value is 0.900. The smallest absolute Gasteiger partial charge is 0.0704 e. The molecule has 1 atom stereocenters. The maximum atomic E-state index is 6.06. The highest BCUT2D eigenvalue weighted by atomic mass is 127. The highest BCUT2D eigenvalue weighted by Crippen LogP contribution is 2.40. The number of halogens is 4. The van der Waals surface area contributed by atoms with Crippen molar-refractivity contribution in [3.8, 4) is 0 Å². The standard InChI is InChI=1S/C12H8Br2ClIS/c1-6-8(5-11(13)17-6)12(14)9-4-7(15)2-3-10(9)16/h2-5,12H,1H3. The van der Waals surface area contributed by atoms with E-state index in [1.54, 1.807) is 11.3 Å². The molecule has 1 heterocycles. The number of thiophene rings is 1. The van der Waals surface area contributed by atoms with Crippen molar-refractivity contribution < 1.29 is 0 Å². The third kappa shape index (κ3) is 3.26. The molecular formula is C12H8Br2ClIS. The molecule has 0 aliphatic carbocycles. The molecule has 5 heteroatoms. The van der Waals surface area contributed by atoms with Crippen LogP contribution in [0.4, 0.5) is 0 Å². The molecule has 0 spiro atoms. The van der Waals surface area contributed by atoms with Crippen LogP contribution in [0.25, 0.3) is 0 Å². The van der Waals surface area contributed by atoms with Crippen molar-refractivity contribution in [3.05, 3.63) is 52.6 Å². The number of hydrogen-bond donors (Lipinski definition) is 0. The Bertz CT molecular complexity index is 553. The maximum absolute atomic E-state index is 6.06. The molecule has 0 N–H and O–H groups in total. The van der Waals surface area contributed by atoms with E-state index in [1.807, 2.05) is 18.2 Å². The third-order valence-corrected chi connectivity index (χ3v) is 6.20. The number of hydrogen-bond acceptors (Lipinski definition) is 1. The summed E-state index contributed by atoms with van der Waals surface area (Å²) in [5.41, 5.74) is 2.51. The van der Waals surface area contributed by atoms with E-state index in [9.17, 15) is 0 Å². The second-order valence-electron chi connectivity index (χ2n) is 3.59. The van der Waals surface area contributed by atoms with Crippen molar-refractivity contribution in [1.82, 2.24) is 0 Å². The first-order valence-electron chi connectivity index (χ1n) is 4.84. The quantitative estimate of drug-likeness (QED) is 0.320. The van der Waals surface area contributed by atoms with Crippen LogP contribution in [0.2, 0.25) is 5.02 Å². The van der Waals surface area contributed by atoms with Crippen LogP contribution >= 0.6 is 77.4 Å². The summed E-state index contributed by atoms with van der Waals surface area (Å²) in [7, 11) is 0. The first-order chi connectivity index (χ1) is 7.99. The van der Waals surface area contributed by atoms with Crippen LogP contribution in [0.3, 0.4) is 0 Å². The van der Waals surface area contributed by atoms with Gasteiger partial charge in [-0.05, 0) is 80.8 Å². The average Bonchev–Trinajstić information content (AvgIpc) is 2.60. The largest absolute Gasteiger partial charge is 0.133 e. The predicted molar refractivity (Wildman–Crippen MR) is 91.7 cm³/mol. The summed E-state index contributed by atoms with van der Waals surface area (Å²) >= 11 is 17.4. The Labute approximate surface area is 140 Å². The first kappa shape index (κ1) is 14.3.